The van der Waals surface area contributed by atoms with Crippen molar-refractivity contribution in [2.75, 3.05) is 13.7 Å². The molecule has 0 bridgehead atoms. The van der Waals surface area contributed by atoms with Gasteiger partial charge in [-0.05, 0) is 48.0 Å². The number of nitro groups is 1. The fraction of sp³-hybridized carbons (Fsp3) is 0.136. The van der Waals surface area contributed by atoms with Crippen LogP contribution in [0, 0.1) is 10.1 Å². The van der Waals surface area contributed by atoms with Crippen molar-refractivity contribution in [2.24, 2.45) is 0 Å². The predicted molar refractivity (Wildman–Crippen MR) is 116 cm³/mol. The number of nitrogens with zero attached hydrogens (tertiary/aromatic N) is 3. The maximum absolute atomic E-state index is 12.3. The van der Waals surface area contributed by atoms with E-state index in [0.29, 0.717) is 11.3 Å². The standard InChI is InChI=1S/C22H20N4O5/c1-31-19-9-5-17(6-10-19)20-14-22(28)25(15-24-20)13-12-23-21(27)11-4-16-2-7-18(8-3-16)26(29)30/h2-11,14-15H,12-13H2,1H3,(H,23,27)/b11-4+. The zero-order valence-electron chi connectivity index (χ0n) is 16.7. The van der Waals surface area contributed by atoms with E-state index in [1.165, 1.54) is 35.2 Å². The number of hydrogen-bond acceptors (Lipinski definition) is 6. The smallest absolute Gasteiger partial charge is 0.269 e. The monoisotopic (exact) mass is 420 g/mol. The molecule has 158 valence electrons. The van der Waals surface area contributed by atoms with E-state index in [-0.39, 0.29) is 30.2 Å². The summed E-state index contributed by atoms with van der Waals surface area (Å²) in [5.74, 6) is 0.379. The summed E-state index contributed by atoms with van der Waals surface area (Å²) in [5, 5.41) is 13.3. The van der Waals surface area contributed by atoms with Gasteiger partial charge >= 0.3 is 0 Å². The molecule has 0 saturated heterocycles. The lowest BCUT2D eigenvalue weighted by atomic mass is 10.1. The van der Waals surface area contributed by atoms with Gasteiger partial charge < -0.3 is 10.1 Å². The molecule has 31 heavy (non-hydrogen) atoms. The highest BCUT2D eigenvalue weighted by Gasteiger charge is 2.05. The fourth-order valence-corrected chi connectivity index (χ4v) is 2.75. The Kier molecular flexibility index (Phi) is 6.89. The fourth-order valence-electron chi connectivity index (χ4n) is 2.75. The predicted octanol–water partition coefficient (Wildman–Crippen LogP) is 2.66. The van der Waals surface area contributed by atoms with E-state index in [4.69, 9.17) is 4.74 Å². The van der Waals surface area contributed by atoms with Gasteiger partial charge in [0.15, 0.2) is 0 Å². The van der Waals surface area contributed by atoms with Crippen LogP contribution in [0.2, 0.25) is 0 Å². The largest absolute Gasteiger partial charge is 0.497 e. The van der Waals surface area contributed by atoms with Gasteiger partial charge in [0.25, 0.3) is 11.2 Å². The normalized spacial score (nSPS) is 10.7. The topological polar surface area (TPSA) is 116 Å². The molecule has 2 aromatic carbocycles. The number of carbonyl (C=O) groups excluding carboxylic acids is 1. The number of ether oxygens (including phenoxy) is 1. The van der Waals surface area contributed by atoms with Gasteiger partial charge in [-0.25, -0.2) is 4.98 Å². The molecule has 0 atom stereocenters. The molecule has 3 aromatic rings. The van der Waals surface area contributed by atoms with E-state index in [1.807, 2.05) is 12.1 Å². The second kappa shape index (κ2) is 9.97. The third-order valence-electron chi connectivity index (χ3n) is 4.45. The maximum Gasteiger partial charge on any atom is 0.269 e. The average Bonchev–Trinajstić information content (AvgIpc) is 2.79. The van der Waals surface area contributed by atoms with E-state index in [2.05, 4.69) is 10.3 Å². The molecule has 0 aliphatic heterocycles. The minimum absolute atomic E-state index is 0.0151. The highest BCUT2D eigenvalue weighted by molar-refractivity contribution is 5.91. The molecule has 0 aliphatic carbocycles. The summed E-state index contributed by atoms with van der Waals surface area (Å²) in [6.45, 7) is 0.513. The van der Waals surface area contributed by atoms with Crippen LogP contribution in [0.15, 0.2) is 71.8 Å². The van der Waals surface area contributed by atoms with E-state index < -0.39 is 4.92 Å². The van der Waals surface area contributed by atoms with Gasteiger partial charge in [-0.2, -0.15) is 0 Å². The number of rotatable bonds is 8. The van der Waals surface area contributed by atoms with Crippen molar-refractivity contribution in [3.63, 3.8) is 0 Å². The van der Waals surface area contributed by atoms with Crippen molar-refractivity contribution < 1.29 is 14.5 Å². The molecular formula is C22H20N4O5. The lowest BCUT2D eigenvalue weighted by molar-refractivity contribution is -0.384. The molecule has 0 unspecified atom stereocenters. The molecule has 0 radical (unpaired) electrons. The highest BCUT2D eigenvalue weighted by Crippen LogP contribution is 2.19. The summed E-state index contributed by atoms with van der Waals surface area (Å²) in [7, 11) is 1.58. The zero-order chi connectivity index (χ0) is 22.2. The molecule has 1 heterocycles. The molecule has 1 amide bonds. The summed E-state index contributed by atoms with van der Waals surface area (Å²) in [6.07, 6.45) is 4.33. The first-order valence-electron chi connectivity index (χ1n) is 9.37. The number of benzene rings is 2. The van der Waals surface area contributed by atoms with Gasteiger partial charge in [-0.3, -0.25) is 24.3 Å². The summed E-state index contributed by atoms with van der Waals surface area (Å²) >= 11 is 0. The van der Waals surface area contributed by atoms with Crippen LogP contribution in [0.25, 0.3) is 17.3 Å². The van der Waals surface area contributed by atoms with Crippen molar-refractivity contribution in [1.29, 1.82) is 0 Å². The lowest BCUT2D eigenvalue weighted by Crippen LogP contribution is -2.29. The Balaban J connectivity index is 1.53. The van der Waals surface area contributed by atoms with Gasteiger partial charge in [-0.15, -0.1) is 0 Å². The van der Waals surface area contributed by atoms with E-state index in [9.17, 15) is 19.7 Å². The summed E-state index contributed by atoms with van der Waals surface area (Å²) in [4.78, 5) is 38.7. The van der Waals surface area contributed by atoms with Crippen LogP contribution in [0.1, 0.15) is 5.56 Å². The van der Waals surface area contributed by atoms with Gasteiger partial charge in [0, 0.05) is 42.9 Å². The Morgan fingerprint density at radius 1 is 1.19 bits per heavy atom. The van der Waals surface area contributed by atoms with Gasteiger partial charge in [0.05, 0.1) is 24.1 Å². The van der Waals surface area contributed by atoms with Gasteiger partial charge in [0.2, 0.25) is 5.91 Å². The minimum Gasteiger partial charge on any atom is -0.497 e. The molecule has 0 saturated carbocycles. The number of nitro benzene ring substituents is 1. The van der Waals surface area contributed by atoms with Crippen LogP contribution >= 0.6 is 0 Å². The maximum atomic E-state index is 12.3. The van der Waals surface area contributed by atoms with Crippen molar-refractivity contribution in [1.82, 2.24) is 14.9 Å². The number of non-ortho nitro benzene ring substituents is 1. The van der Waals surface area contributed by atoms with Crippen molar-refractivity contribution in [2.45, 2.75) is 6.54 Å². The molecule has 1 aromatic heterocycles. The Morgan fingerprint density at radius 2 is 1.90 bits per heavy atom. The van der Waals surface area contributed by atoms with Crippen molar-refractivity contribution in [3.8, 4) is 17.0 Å². The average molecular weight is 420 g/mol. The first kappa shape index (κ1) is 21.4. The first-order valence-corrected chi connectivity index (χ1v) is 9.37. The molecule has 3 rings (SSSR count). The Labute approximate surface area is 177 Å². The summed E-state index contributed by atoms with van der Waals surface area (Å²) in [5.41, 5.74) is 1.78. The molecule has 9 nitrogen and oxygen atoms in total. The molecule has 0 aliphatic rings. The van der Waals surface area contributed by atoms with Crippen LogP contribution < -0.4 is 15.6 Å². The van der Waals surface area contributed by atoms with Gasteiger partial charge in [0.1, 0.15) is 5.75 Å². The lowest BCUT2D eigenvalue weighted by Gasteiger charge is -2.07. The summed E-state index contributed by atoms with van der Waals surface area (Å²) in [6, 6.07) is 14.5. The van der Waals surface area contributed by atoms with Crippen LogP contribution in [-0.4, -0.2) is 34.0 Å². The quantitative estimate of drug-likeness (QED) is 0.340. The minimum atomic E-state index is -0.486. The molecule has 1 N–H and O–H groups in total. The van der Waals surface area contributed by atoms with Crippen LogP contribution in [0.5, 0.6) is 5.75 Å². The number of aromatic nitrogens is 2. The zero-order valence-corrected chi connectivity index (χ0v) is 16.7. The third kappa shape index (κ3) is 5.86. The number of methoxy groups -OCH3 is 1. The van der Waals surface area contributed by atoms with Crippen LogP contribution in [0.3, 0.4) is 0 Å². The van der Waals surface area contributed by atoms with Crippen LogP contribution in [-0.2, 0) is 11.3 Å². The third-order valence-corrected chi connectivity index (χ3v) is 4.45. The molecule has 0 fully saturated rings. The Morgan fingerprint density at radius 3 is 2.52 bits per heavy atom. The Bertz CT molecular complexity index is 1150. The highest BCUT2D eigenvalue weighted by atomic mass is 16.6. The Hall–Kier alpha value is -4.27. The molecule has 9 heteroatoms. The second-order valence-corrected chi connectivity index (χ2v) is 6.51. The van der Waals surface area contributed by atoms with Crippen molar-refractivity contribution in [3.05, 3.63) is 93.0 Å². The van der Waals surface area contributed by atoms with E-state index >= 15 is 0 Å². The number of amides is 1. The number of nitrogens with one attached hydrogen (secondary N) is 1. The number of hydrogen-bond donors (Lipinski definition) is 1. The second-order valence-electron chi connectivity index (χ2n) is 6.51. The van der Waals surface area contributed by atoms with Gasteiger partial charge in [-0.1, -0.05) is 0 Å². The van der Waals surface area contributed by atoms with Crippen LogP contribution in [0.4, 0.5) is 5.69 Å². The SMILES string of the molecule is COc1ccc(-c2cc(=O)n(CCNC(=O)/C=C/c3ccc([N+](=O)[O-])cc3)cn2)cc1. The van der Waals surface area contributed by atoms with Crippen molar-refractivity contribution >= 4 is 17.7 Å². The van der Waals surface area contributed by atoms with E-state index in [0.717, 1.165) is 11.3 Å². The first-order chi connectivity index (χ1) is 15.0. The molecular weight excluding hydrogens is 400 g/mol. The number of carbonyl (C=O) groups is 1. The van der Waals surface area contributed by atoms with E-state index in [1.54, 1.807) is 37.5 Å². The molecule has 0 spiro atoms. The summed E-state index contributed by atoms with van der Waals surface area (Å²) < 4.78 is 6.53.